The molecule has 0 saturated heterocycles. The molecule has 0 bridgehead atoms. The van der Waals surface area contributed by atoms with Crippen LogP contribution >= 0.6 is 0 Å². The molecule has 9 heteroatoms. The highest BCUT2D eigenvalue weighted by Gasteiger charge is 2.29. The van der Waals surface area contributed by atoms with Crippen molar-refractivity contribution in [2.24, 2.45) is 0 Å². The van der Waals surface area contributed by atoms with E-state index < -0.39 is 18.1 Å². The number of carbonyl (C=O) groups excluding carboxylic acids is 1. The zero-order chi connectivity index (χ0) is 25.0. The number of benzene rings is 1. The van der Waals surface area contributed by atoms with Crippen LogP contribution in [0.4, 0.5) is 5.69 Å². The number of hydrogen-bond donors (Lipinski definition) is 3. The van der Waals surface area contributed by atoms with E-state index in [9.17, 15) is 19.5 Å². The lowest BCUT2D eigenvalue weighted by Gasteiger charge is -2.19. The van der Waals surface area contributed by atoms with Crippen LogP contribution in [0.3, 0.4) is 0 Å². The molecule has 1 aliphatic rings. The number of hydrogen-bond acceptors (Lipinski definition) is 7. The smallest absolute Gasteiger partial charge is 0.326 e. The molecule has 1 amide bonds. The highest BCUT2D eigenvalue weighted by atomic mass is 16.5. The molecule has 34 heavy (non-hydrogen) atoms. The third-order valence-corrected chi connectivity index (χ3v) is 5.95. The maximum absolute atomic E-state index is 13.2. The summed E-state index contributed by atoms with van der Waals surface area (Å²) in [6.45, 7) is 3.15. The summed E-state index contributed by atoms with van der Waals surface area (Å²) in [4.78, 5) is 36.7. The number of carboxylic acids is 1. The van der Waals surface area contributed by atoms with Gasteiger partial charge in [-0.05, 0) is 54.2 Å². The Labute approximate surface area is 198 Å². The molecule has 1 aliphatic carbocycles. The Morgan fingerprint density at radius 2 is 1.82 bits per heavy atom. The number of carboxylic acid groups (broad SMARTS) is 1. The number of ether oxygens (including phenoxy) is 3. The first-order chi connectivity index (χ1) is 16.2. The van der Waals surface area contributed by atoms with Crippen LogP contribution in [-0.2, 0) is 16.0 Å². The molecule has 2 atom stereocenters. The number of carbonyl (C=O) groups is 2. The van der Waals surface area contributed by atoms with Gasteiger partial charge in [0.25, 0.3) is 0 Å². The molecule has 0 spiro atoms. The second-order valence-electron chi connectivity index (χ2n) is 8.04. The van der Waals surface area contributed by atoms with Crippen LogP contribution in [0.5, 0.6) is 17.2 Å². The Morgan fingerprint density at radius 1 is 1.12 bits per heavy atom. The largest absolute Gasteiger partial charge is 0.493 e. The lowest BCUT2D eigenvalue weighted by molar-refractivity contribution is -0.138. The van der Waals surface area contributed by atoms with Gasteiger partial charge in [0.2, 0.25) is 17.1 Å². The maximum Gasteiger partial charge on any atom is 0.326 e. The first-order valence-electron chi connectivity index (χ1n) is 11.0. The molecule has 0 aromatic heterocycles. The molecule has 0 heterocycles. The molecule has 0 radical (unpaired) electrons. The quantitative estimate of drug-likeness (QED) is 0.538. The average molecular weight is 471 g/mol. The second-order valence-corrected chi connectivity index (χ2v) is 8.04. The van der Waals surface area contributed by atoms with E-state index in [2.05, 4.69) is 10.6 Å². The second kappa shape index (κ2) is 10.5. The van der Waals surface area contributed by atoms with Gasteiger partial charge in [0.05, 0.1) is 33.1 Å². The summed E-state index contributed by atoms with van der Waals surface area (Å²) in [7, 11) is 4.59. The van der Waals surface area contributed by atoms with E-state index in [1.807, 2.05) is 6.07 Å². The summed E-state index contributed by atoms with van der Waals surface area (Å²) in [6.07, 6.45) is 1.43. The first-order valence-corrected chi connectivity index (χ1v) is 11.0. The van der Waals surface area contributed by atoms with Crippen molar-refractivity contribution < 1.29 is 28.9 Å². The molecule has 2 aromatic rings. The van der Waals surface area contributed by atoms with Gasteiger partial charge in [0.15, 0.2) is 11.5 Å². The van der Waals surface area contributed by atoms with Gasteiger partial charge in [0, 0.05) is 12.5 Å². The fourth-order valence-electron chi connectivity index (χ4n) is 4.35. The van der Waals surface area contributed by atoms with Gasteiger partial charge in [-0.1, -0.05) is 13.0 Å². The molecule has 9 nitrogen and oxygen atoms in total. The number of fused-ring (bicyclic) bond motifs is 3. The molecule has 3 rings (SSSR count). The summed E-state index contributed by atoms with van der Waals surface area (Å²) >= 11 is 0. The van der Waals surface area contributed by atoms with Crippen molar-refractivity contribution in [3.8, 4) is 28.4 Å². The highest BCUT2D eigenvalue weighted by molar-refractivity contribution is 5.84. The Bertz CT molecular complexity index is 1160. The van der Waals surface area contributed by atoms with Crippen LogP contribution in [-0.4, -0.2) is 44.4 Å². The molecule has 0 saturated carbocycles. The first kappa shape index (κ1) is 24.9. The summed E-state index contributed by atoms with van der Waals surface area (Å²) in [6, 6.07) is 5.31. The number of aryl methyl sites for hydroxylation is 1. The van der Waals surface area contributed by atoms with Crippen molar-refractivity contribution in [1.29, 1.82) is 0 Å². The van der Waals surface area contributed by atoms with Crippen molar-refractivity contribution >= 4 is 17.6 Å². The predicted octanol–water partition coefficient (Wildman–Crippen LogP) is 3.14. The molecular weight excluding hydrogens is 440 g/mol. The minimum absolute atomic E-state index is 0.157. The molecule has 0 unspecified atom stereocenters. The molecular formula is C25H30N2O7. The van der Waals surface area contributed by atoms with Crippen LogP contribution in [0.25, 0.3) is 11.1 Å². The summed E-state index contributed by atoms with van der Waals surface area (Å²) < 4.78 is 16.8. The lowest BCUT2D eigenvalue weighted by atomic mass is 9.95. The Hall–Kier alpha value is -3.75. The SMILES string of the molecule is CC[C@@H](Nc1ccc2c(cc1=O)[C@@H](NC(C)=O)CCc1cc(OC)c(OC)c(OC)c1-2)C(=O)O. The Balaban J connectivity index is 2.34. The molecule has 0 fully saturated rings. The number of rotatable bonds is 8. The zero-order valence-electron chi connectivity index (χ0n) is 20.0. The number of aliphatic carboxylic acids is 1. The van der Waals surface area contributed by atoms with Crippen LogP contribution < -0.4 is 30.3 Å². The zero-order valence-corrected chi connectivity index (χ0v) is 20.0. The summed E-state index contributed by atoms with van der Waals surface area (Å²) in [5.41, 5.74) is 2.71. The van der Waals surface area contributed by atoms with E-state index in [0.29, 0.717) is 47.6 Å². The van der Waals surface area contributed by atoms with Gasteiger partial charge >= 0.3 is 5.97 Å². The highest BCUT2D eigenvalue weighted by Crippen LogP contribution is 2.50. The van der Waals surface area contributed by atoms with Crippen LogP contribution in [0.15, 0.2) is 29.1 Å². The monoisotopic (exact) mass is 470 g/mol. The van der Waals surface area contributed by atoms with Gasteiger partial charge in [0.1, 0.15) is 6.04 Å². The van der Waals surface area contributed by atoms with Gasteiger partial charge in [-0.2, -0.15) is 0 Å². The van der Waals surface area contributed by atoms with Crippen LogP contribution in [0.1, 0.15) is 43.9 Å². The Kier molecular flexibility index (Phi) is 7.65. The van der Waals surface area contributed by atoms with Gasteiger partial charge in [-0.25, -0.2) is 4.79 Å². The standard InChI is InChI=1S/C25H30N2O7/c1-6-17(25(30)31)27-19-10-8-15-16(12-20(19)29)18(26-13(2)28)9-7-14-11-21(32-3)23(33-4)24(34-5)22(14)15/h8,10-12,17-18H,6-7,9H2,1-5H3,(H,26,28)(H,27,29)(H,30,31)/t17-,18+/m1/s1. The fourth-order valence-corrected chi connectivity index (χ4v) is 4.35. The van der Waals surface area contributed by atoms with E-state index in [-0.39, 0.29) is 17.0 Å². The normalized spacial score (nSPS) is 15.1. The van der Waals surface area contributed by atoms with Gasteiger partial charge in [-0.3, -0.25) is 9.59 Å². The molecule has 2 aromatic carbocycles. The molecule has 0 aliphatic heterocycles. The van der Waals surface area contributed by atoms with Gasteiger partial charge < -0.3 is 30.0 Å². The molecule has 3 N–H and O–H groups in total. The maximum atomic E-state index is 13.2. The van der Waals surface area contributed by atoms with E-state index >= 15 is 0 Å². The van der Waals surface area contributed by atoms with E-state index in [1.165, 1.54) is 27.2 Å². The van der Waals surface area contributed by atoms with Gasteiger partial charge in [-0.15, -0.1) is 0 Å². The average Bonchev–Trinajstić information content (AvgIpc) is 3.04. The topological polar surface area (TPSA) is 123 Å². The van der Waals surface area contributed by atoms with E-state index in [4.69, 9.17) is 14.2 Å². The fraction of sp³-hybridized carbons (Fsp3) is 0.400. The van der Waals surface area contributed by atoms with Crippen molar-refractivity contribution in [3.05, 3.63) is 45.6 Å². The Morgan fingerprint density at radius 3 is 2.38 bits per heavy atom. The third-order valence-electron chi connectivity index (χ3n) is 5.95. The minimum Gasteiger partial charge on any atom is -0.493 e. The van der Waals surface area contributed by atoms with Crippen molar-refractivity contribution in [2.45, 2.75) is 45.2 Å². The lowest BCUT2D eigenvalue weighted by Crippen LogP contribution is -2.30. The van der Waals surface area contributed by atoms with Crippen molar-refractivity contribution in [1.82, 2.24) is 5.32 Å². The number of nitrogens with one attached hydrogen (secondary N) is 2. The van der Waals surface area contributed by atoms with E-state index in [1.54, 1.807) is 26.2 Å². The third kappa shape index (κ3) is 4.78. The van der Waals surface area contributed by atoms with Crippen molar-refractivity contribution in [2.75, 3.05) is 26.6 Å². The number of anilines is 1. The summed E-state index contributed by atoms with van der Waals surface area (Å²) in [5, 5.41) is 15.2. The van der Waals surface area contributed by atoms with Crippen LogP contribution in [0, 0.1) is 0 Å². The number of methoxy groups -OCH3 is 3. The predicted molar refractivity (Wildman–Crippen MR) is 128 cm³/mol. The minimum atomic E-state index is -1.05. The van der Waals surface area contributed by atoms with Crippen LogP contribution in [0.2, 0.25) is 0 Å². The van der Waals surface area contributed by atoms with Crippen molar-refractivity contribution in [3.63, 3.8) is 0 Å². The number of amides is 1. The molecule has 182 valence electrons. The summed E-state index contributed by atoms with van der Waals surface area (Å²) in [5.74, 6) is 0.105. The van der Waals surface area contributed by atoms with E-state index in [0.717, 1.165) is 11.1 Å².